The number of aryl methyl sites for hydroxylation is 1. The summed E-state index contributed by atoms with van der Waals surface area (Å²) in [7, 11) is 0. The molecular formula is C20H23N3O3. The van der Waals surface area contributed by atoms with Gasteiger partial charge in [0.1, 0.15) is 6.42 Å². The molecule has 26 heavy (non-hydrogen) atoms. The van der Waals surface area contributed by atoms with Gasteiger partial charge < -0.3 is 15.5 Å². The first kappa shape index (κ1) is 19.2. The third kappa shape index (κ3) is 5.44. The summed E-state index contributed by atoms with van der Waals surface area (Å²) in [6.45, 7) is 5.74. The minimum Gasteiger partial charge on any atom is -0.326 e. The summed E-state index contributed by atoms with van der Waals surface area (Å²) in [6, 6.07) is 14.3. The van der Waals surface area contributed by atoms with Crippen molar-refractivity contribution in [3.63, 3.8) is 0 Å². The van der Waals surface area contributed by atoms with Gasteiger partial charge in [0.15, 0.2) is 0 Å². The number of hydrogen-bond donors (Lipinski definition) is 2. The molecule has 0 radical (unpaired) electrons. The zero-order valence-corrected chi connectivity index (χ0v) is 15.2. The Kier molecular flexibility index (Phi) is 6.49. The van der Waals surface area contributed by atoms with Crippen molar-refractivity contribution in [1.82, 2.24) is 0 Å². The Morgan fingerprint density at radius 3 is 2.12 bits per heavy atom. The van der Waals surface area contributed by atoms with Crippen LogP contribution in [0.2, 0.25) is 0 Å². The van der Waals surface area contributed by atoms with Gasteiger partial charge in [-0.15, -0.1) is 0 Å². The molecule has 3 amide bonds. The molecule has 2 aromatic carbocycles. The van der Waals surface area contributed by atoms with E-state index in [0.717, 1.165) is 11.3 Å². The van der Waals surface area contributed by atoms with Crippen LogP contribution in [0.4, 0.5) is 17.1 Å². The highest BCUT2D eigenvalue weighted by molar-refractivity contribution is 6.09. The lowest BCUT2D eigenvalue weighted by atomic mass is 10.2. The molecule has 0 bridgehead atoms. The van der Waals surface area contributed by atoms with E-state index < -0.39 is 0 Å². The summed E-state index contributed by atoms with van der Waals surface area (Å²) in [5.41, 5.74) is 3.04. The fraction of sp³-hybridized carbons (Fsp3) is 0.250. The highest BCUT2D eigenvalue weighted by atomic mass is 16.2. The van der Waals surface area contributed by atoms with Crippen LogP contribution in [0.25, 0.3) is 0 Å². The van der Waals surface area contributed by atoms with Gasteiger partial charge in [0.25, 0.3) is 0 Å². The van der Waals surface area contributed by atoms with Crippen molar-refractivity contribution in [3.8, 4) is 0 Å². The van der Waals surface area contributed by atoms with Gasteiger partial charge in [-0.05, 0) is 55.8 Å². The van der Waals surface area contributed by atoms with E-state index in [1.165, 1.54) is 6.92 Å². The number of rotatable bonds is 6. The Hall–Kier alpha value is -3.15. The van der Waals surface area contributed by atoms with Gasteiger partial charge in [-0.2, -0.15) is 0 Å². The van der Waals surface area contributed by atoms with Crippen molar-refractivity contribution in [2.75, 3.05) is 22.1 Å². The molecule has 136 valence electrons. The van der Waals surface area contributed by atoms with Gasteiger partial charge in [0.2, 0.25) is 17.7 Å². The lowest BCUT2D eigenvalue weighted by molar-refractivity contribution is -0.125. The molecule has 6 heteroatoms. The summed E-state index contributed by atoms with van der Waals surface area (Å²) >= 11 is 0. The molecule has 0 aliphatic rings. The Labute approximate surface area is 153 Å². The van der Waals surface area contributed by atoms with Crippen LogP contribution in [0, 0.1) is 6.92 Å². The number of carbonyl (C=O) groups excluding carboxylic acids is 3. The van der Waals surface area contributed by atoms with E-state index in [9.17, 15) is 14.4 Å². The van der Waals surface area contributed by atoms with Crippen molar-refractivity contribution in [2.45, 2.75) is 27.2 Å². The number of carbonyl (C=O) groups is 3. The van der Waals surface area contributed by atoms with Gasteiger partial charge in [0, 0.05) is 30.5 Å². The van der Waals surface area contributed by atoms with E-state index in [0.29, 0.717) is 17.9 Å². The zero-order valence-electron chi connectivity index (χ0n) is 15.2. The average molecular weight is 353 g/mol. The smallest absolute Gasteiger partial charge is 0.236 e. The third-order valence-electron chi connectivity index (χ3n) is 3.73. The van der Waals surface area contributed by atoms with Crippen LogP contribution in [0.5, 0.6) is 0 Å². The molecule has 0 heterocycles. The van der Waals surface area contributed by atoms with Crippen LogP contribution in [-0.4, -0.2) is 24.3 Å². The first-order valence-electron chi connectivity index (χ1n) is 8.43. The van der Waals surface area contributed by atoms with Crippen LogP contribution in [-0.2, 0) is 14.4 Å². The standard InChI is InChI=1S/C20H23N3O3/c1-4-23(18-7-5-6-14(2)12-18)20(26)13-19(25)22-17-10-8-16(9-11-17)21-15(3)24/h5-12H,4,13H2,1-3H3,(H,21,24)(H,22,25). The number of nitrogens with zero attached hydrogens (tertiary/aromatic N) is 1. The molecule has 0 aliphatic heterocycles. The van der Waals surface area contributed by atoms with Crippen LogP contribution in [0.1, 0.15) is 25.8 Å². The molecule has 0 unspecified atom stereocenters. The minimum atomic E-state index is -0.381. The van der Waals surface area contributed by atoms with E-state index in [4.69, 9.17) is 0 Å². The molecule has 0 fully saturated rings. The third-order valence-corrected chi connectivity index (χ3v) is 3.73. The second kappa shape index (κ2) is 8.80. The predicted octanol–water partition coefficient (Wildman–Crippen LogP) is 3.34. The first-order valence-corrected chi connectivity index (χ1v) is 8.43. The largest absolute Gasteiger partial charge is 0.326 e. The van der Waals surface area contributed by atoms with E-state index in [-0.39, 0.29) is 24.1 Å². The van der Waals surface area contributed by atoms with Crippen LogP contribution in [0.3, 0.4) is 0 Å². The molecule has 6 nitrogen and oxygen atoms in total. The van der Waals surface area contributed by atoms with Gasteiger partial charge in [-0.1, -0.05) is 12.1 Å². The van der Waals surface area contributed by atoms with Crippen LogP contribution >= 0.6 is 0 Å². The van der Waals surface area contributed by atoms with E-state index in [1.54, 1.807) is 29.2 Å². The number of amides is 3. The minimum absolute atomic E-state index is 0.164. The topological polar surface area (TPSA) is 78.5 Å². The summed E-state index contributed by atoms with van der Waals surface area (Å²) in [6.07, 6.45) is -0.241. The number of hydrogen-bond acceptors (Lipinski definition) is 3. The summed E-state index contributed by atoms with van der Waals surface area (Å²) in [5.74, 6) is -0.804. The Bertz CT molecular complexity index is 800. The highest BCUT2D eigenvalue weighted by Crippen LogP contribution is 2.18. The van der Waals surface area contributed by atoms with Crippen LogP contribution in [0.15, 0.2) is 48.5 Å². The molecule has 2 aromatic rings. The number of anilines is 3. The van der Waals surface area contributed by atoms with Gasteiger partial charge in [0.05, 0.1) is 0 Å². The van der Waals surface area contributed by atoms with Gasteiger partial charge >= 0.3 is 0 Å². The molecule has 2 N–H and O–H groups in total. The summed E-state index contributed by atoms with van der Waals surface area (Å²) in [5, 5.41) is 5.35. The maximum atomic E-state index is 12.5. The number of nitrogens with one attached hydrogen (secondary N) is 2. The van der Waals surface area contributed by atoms with E-state index in [1.807, 2.05) is 38.1 Å². The van der Waals surface area contributed by atoms with Crippen molar-refractivity contribution in [2.24, 2.45) is 0 Å². The summed E-state index contributed by atoms with van der Waals surface area (Å²) in [4.78, 5) is 37.2. The van der Waals surface area contributed by atoms with Gasteiger partial charge in [-0.25, -0.2) is 0 Å². The second-order valence-electron chi connectivity index (χ2n) is 5.96. The van der Waals surface area contributed by atoms with Crippen molar-refractivity contribution < 1.29 is 14.4 Å². The molecule has 0 saturated carbocycles. The molecule has 0 saturated heterocycles. The molecular weight excluding hydrogens is 330 g/mol. The van der Waals surface area contributed by atoms with E-state index >= 15 is 0 Å². The Morgan fingerprint density at radius 2 is 1.58 bits per heavy atom. The molecule has 0 atom stereocenters. The van der Waals surface area contributed by atoms with Gasteiger partial charge in [-0.3, -0.25) is 14.4 Å². The van der Waals surface area contributed by atoms with Crippen molar-refractivity contribution in [3.05, 3.63) is 54.1 Å². The molecule has 0 aliphatic carbocycles. The summed E-state index contributed by atoms with van der Waals surface area (Å²) < 4.78 is 0. The maximum Gasteiger partial charge on any atom is 0.236 e. The SMILES string of the molecule is CCN(C(=O)CC(=O)Nc1ccc(NC(C)=O)cc1)c1cccc(C)c1. The van der Waals surface area contributed by atoms with Crippen LogP contribution < -0.4 is 15.5 Å². The zero-order chi connectivity index (χ0) is 19.1. The lowest BCUT2D eigenvalue weighted by Gasteiger charge is -2.21. The molecule has 2 rings (SSSR count). The van der Waals surface area contributed by atoms with Crippen molar-refractivity contribution in [1.29, 1.82) is 0 Å². The predicted molar refractivity (Wildman–Crippen MR) is 103 cm³/mol. The number of benzene rings is 2. The highest BCUT2D eigenvalue weighted by Gasteiger charge is 2.17. The quantitative estimate of drug-likeness (QED) is 0.782. The molecule has 0 aromatic heterocycles. The normalized spacial score (nSPS) is 10.1. The monoisotopic (exact) mass is 353 g/mol. The Morgan fingerprint density at radius 1 is 0.962 bits per heavy atom. The van der Waals surface area contributed by atoms with Crippen molar-refractivity contribution >= 4 is 34.8 Å². The second-order valence-corrected chi connectivity index (χ2v) is 5.96. The van der Waals surface area contributed by atoms with E-state index in [2.05, 4.69) is 10.6 Å². The first-order chi connectivity index (χ1) is 12.4. The maximum absolute atomic E-state index is 12.5. The lowest BCUT2D eigenvalue weighted by Crippen LogP contribution is -2.33. The average Bonchev–Trinajstić information content (AvgIpc) is 2.57. The fourth-order valence-corrected chi connectivity index (χ4v) is 2.58. The molecule has 0 spiro atoms. The Balaban J connectivity index is 1.97. The fourth-order valence-electron chi connectivity index (χ4n) is 2.58.